The Morgan fingerprint density at radius 2 is 1.62 bits per heavy atom. The third kappa shape index (κ3) is 1.73. The molecule has 6 unspecified atom stereocenters. The minimum absolute atomic E-state index is 0.316. The average Bonchev–Trinajstić information content (AvgIpc) is 2.54. The van der Waals surface area contributed by atoms with Gasteiger partial charge >= 0.3 is 0 Å². The van der Waals surface area contributed by atoms with Gasteiger partial charge in [0.1, 0.15) is 0 Å². The van der Waals surface area contributed by atoms with Crippen LogP contribution in [0.4, 0.5) is 0 Å². The van der Waals surface area contributed by atoms with Crippen LogP contribution in [0.3, 0.4) is 0 Å². The van der Waals surface area contributed by atoms with Gasteiger partial charge in [0, 0.05) is 0 Å². The zero-order valence-electron chi connectivity index (χ0n) is 14.5. The summed E-state index contributed by atoms with van der Waals surface area (Å²) >= 11 is 0. The average molecular weight is 290 g/mol. The van der Waals surface area contributed by atoms with E-state index in [4.69, 9.17) is 0 Å². The molecule has 0 aromatic rings. The van der Waals surface area contributed by atoms with Gasteiger partial charge in [-0.05, 0) is 85.4 Å². The summed E-state index contributed by atoms with van der Waals surface area (Å²) in [4.78, 5) is 0. The molecule has 4 aliphatic carbocycles. The SMILES string of the molecule is CC1CC23CCC4C(C)(C)CCCC4(C)C2CCC1(O)C3. The molecule has 1 nitrogen and oxygen atoms in total. The van der Waals surface area contributed by atoms with Crippen molar-refractivity contribution in [1.29, 1.82) is 0 Å². The highest BCUT2D eigenvalue weighted by Gasteiger charge is 2.66. The Labute approximate surface area is 130 Å². The summed E-state index contributed by atoms with van der Waals surface area (Å²) in [6, 6.07) is 0. The molecule has 2 bridgehead atoms. The van der Waals surface area contributed by atoms with Crippen molar-refractivity contribution in [1.82, 2.24) is 0 Å². The van der Waals surface area contributed by atoms with Gasteiger partial charge < -0.3 is 5.11 Å². The lowest BCUT2D eigenvalue weighted by Crippen LogP contribution is -2.57. The number of aliphatic hydroxyl groups is 1. The smallest absolute Gasteiger partial charge is 0.0678 e. The maximum absolute atomic E-state index is 11.0. The van der Waals surface area contributed by atoms with E-state index in [0.717, 1.165) is 24.7 Å². The lowest BCUT2D eigenvalue weighted by Gasteiger charge is -2.64. The van der Waals surface area contributed by atoms with Crippen molar-refractivity contribution in [3.8, 4) is 0 Å². The molecule has 120 valence electrons. The quantitative estimate of drug-likeness (QED) is 0.652. The minimum Gasteiger partial charge on any atom is -0.390 e. The Balaban J connectivity index is 1.73. The van der Waals surface area contributed by atoms with Gasteiger partial charge in [0.15, 0.2) is 0 Å². The molecule has 0 aromatic heterocycles. The summed E-state index contributed by atoms with van der Waals surface area (Å²) < 4.78 is 0. The zero-order chi connectivity index (χ0) is 15.1. The Morgan fingerprint density at radius 3 is 2.38 bits per heavy atom. The van der Waals surface area contributed by atoms with Crippen LogP contribution in [-0.2, 0) is 0 Å². The maximum Gasteiger partial charge on any atom is 0.0678 e. The zero-order valence-corrected chi connectivity index (χ0v) is 14.5. The van der Waals surface area contributed by atoms with Gasteiger partial charge in [-0.15, -0.1) is 0 Å². The normalized spacial score (nSPS) is 58.4. The minimum atomic E-state index is -0.316. The van der Waals surface area contributed by atoms with Crippen LogP contribution in [0, 0.1) is 34.0 Å². The first kappa shape index (κ1) is 14.5. The van der Waals surface area contributed by atoms with Gasteiger partial charge in [-0.1, -0.05) is 34.1 Å². The molecular weight excluding hydrogens is 256 g/mol. The van der Waals surface area contributed by atoms with Crippen LogP contribution in [-0.4, -0.2) is 10.7 Å². The fourth-order valence-corrected chi connectivity index (χ4v) is 8.09. The van der Waals surface area contributed by atoms with E-state index in [1.807, 2.05) is 0 Å². The van der Waals surface area contributed by atoms with Crippen LogP contribution in [0.2, 0.25) is 0 Å². The van der Waals surface area contributed by atoms with Crippen LogP contribution in [0.5, 0.6) is 0 Å². The van der Waals surface area contributed by atoms with E-state index in [1.54, 1.807) is 0 Å². The number of fused-ring (bicyclic) bond motifs is 3. The van der Waals surface area contributed by atoms with Gasteiger partial charge in [0.05, 0.1) is 5.60 Å². The topological polar surface area (TPSA) is 20.2 Å². The first-order valence-corrected chi connectivity index (χ1v) is 9.44. The molecule has 0 saturated heterocycles. The van der Waals surface area contributed by atoms with Crippen molar-refractivity contribution in [3.63, 3.8) is 0 Å². The fraction of sp³-hybridized carbons (Fsp3) is 1.00. The third-order valence-electron chi connectivity index (χ3n) is 8.90. The molecule has 4 rings (SSSR count). The highest BCUT2D eigenvalue weighted by Crippen LogP contribution is 2.72. The first-order chi connectivity index (χ1) is 9.72. The van der Waals surface area contributed by atoms with E-state index >= 15 is 0 Å². The van der Waals surface area contributed by atoms with Gasteiger partial charge in [0.2, 0.25) is 0 Å². The van der Waals surface area contributed by atoms with Crippen molar-refractivity contribution in [2.24, 2.45) is 34.0 Å². The molecule has 4 fully saturated rings. The van der Waals surface area contributed by atoms with E-state index in [9.17, 15) is 5.11 Å². The standard InChI is InChI=1S/C20H34O/c1-14-12-19-10-6-15-17(2,3)8-5-9-18(15,4)16(19)7-11-20(14,21)13-19/h14-16,21H,5-13H2,1-4H3. The second-order valence-corrected chi connectivity index (χ2v) is 10.3. The predicted octanol–water partition coefficient (Wildman–Crippen LogP) is 5.17. The highest BCUT2D eigenvalue weighted by atomic mass is 16.3. The molecule has 4 saturated carbocycles. The summed E-state index contributed by atoms with van der Waals surface area (Å²) in [5.74, 6) is 2.32. The van der Waals surface area contributed by atoms with Crippen molar-refractivity contribution < 1.29 is 5.11 Å². The molecule has 1 N–H and O–H groups in total. The Morgan fingerprint density at radius 1 is 0.905 bits per heavy atom. The molecule has 6 atom stereocenters. The molecule has 21 heavy (non-hydrogen) atoms. The number of hydrogen-bond acceptors (Lipinski definition) is 1. The lowest BCUT2D eigenvalue weighted by molar-refractivity contribution is -0.161. The van der Waals surface area contributed by atoms with E-state index < -0.39 is 0 Å². The Hall–Kier alpha value is -0.0400. The fourth-order valence-electron chi connectivity index (χ4n) is 8.09. The molecule has 0 aliphatic heterocycles. The second kappa shape index (κ2) is 4.08. The van der Waals surface area contributed by atoms with Crippen molar-refractivity contribution in [2.45, 2.75) is 91.1 Å². The van der Waals surface area contributed by atoms with E-state index in [2.05, 4.69) is 27.7 Å². The largest absolute Gasteiger partial charge is 0.390 e. The van der Waals surface area contributed by atoms with Gasteiger partial charge in [0.25, 0.3) is 0 Å². The summed E-state index contributed by atoms with van der Waals surface area (Å²) in [5, 5.41) is 11.0. The highest BCUT2D eigenvalue weighted by molar-refractivity contribution is 5.16. The summed E-state index contributed by atoms with van der Waals surface area (Å²) in [5.41, 5.74) is 1.26. The molecule has 0 amide bonds. The molecule has 1 heteroatoms. The lowest BCUT2D eigenvalue weighted by atomic mass is 9.41. The second-order valence-electron chi connectivity index (χ2n) is 10.3. The Bertz CT molecular complexity index is 455. The first-order valence-electron chi connectivity index (χ1n) is 9.44. The predicted molar refractivity (Wildman–Crippen MR) is 87.0 cm³/mol. The van der Waals surface area contributed by atoms with Crippen LogP contribution in [0.15, 0.2) is 0 Å². The van der Waals surface area contributed by atoms with Gasteiger partial charge in [-0.2, -0.15) is 0 Å². The summed E-state index contributed by atoms with van der Waals surface area (Å²) in [6.45, 7) is 10.0. The monoisotopic (exact) mass is 290 g/mol. The van der Waals surface area contributed by atoms with E-state index in [0.29, 0.717) is 22.2 Å². The molecule has 0 radical (unpaired) electrons. The van der Waals surface area contributed by atoms with Crippen LogP contribution >= 0.6 is 0 Å². The van der Waals surface area contributed by atoms with Crippen molar-refractivity contribution >= 4 is 0 Å². The number of hydrogen-bond donors (Lipinski definition) is 1. The molecule has 4 aliphatic rings. The Kier molecular flexibility index (Phi) is 2.82. The van der Waals surface area contributed by atoms with E-state index in [-0.39, 0.29) is 5.60 Å². The van der Waals surface area contributed by atoms with Crippen molar-refractivity contribution in [2.75, 3.05) is 0 Å². The summed E-state index contributed by atoms with van der Waals surface area (Å²) in [6.07, 6.45) is 11.9. The molecule has 1 spiro atoms. The number of rotatable bonds is 0. The van der Waals surface area contributed by atoms with E-state index in [1.165, 1.54) is 44.9 Å². The third-order valence-corrected chi connectivity index (χ3v) is 8.90. The molecule has 0 aromatic carbocycles. The maximum atomic E-state index is 11.0. The molecular formula is C20H34O. The summed E-state index contributed by atoms with van der Waals surface area (Å²) in [7, 11) is 0. The van der Waals surface area contributed by atoms with Crippen LogP contribution in [0.25, 0.3) is 0 Å². The van der Waals surface area contributed by atoms with Gasteiger partial charge in [-0.3, -0.25) is 0 Å². The van der Waals surface area contributed by atoms with Crippen LogP contribution < -0.4 is 0 Å². The van der Waals surface area contributed by atoms with Gasteiger partial charge in [-0.25, -0.2) is 0 Å². The molecule has 0 heterocycles. The van der Waals surface area contributed by atoms with Crippen molar-refractivity contribution in [3.05, 3.63) is 0 Å². The van der Waals surface area contributed by atoms with Crippen LogP contribution in [0.1, 0.15) is 85.5 Å².